The normalized spacial score (nSPS) is 12.5. The summed E-state index contributed by atoms with van der Waals surface area (Å²) in [6.07, 6.45) is -7.20. The van der Waals surface area contributed by atoms with E-state index in [1.165, 1.54) is 12.1 Å². The molecule has 0 heterocycles. The minimum atomic E-state index is -5.29. The van der Waals surface area contributed by atoms with Crippen LogP contribution in [0.25, 0.3) is 28.1 Å². The zero-order valence-corrected chi connectivity index (χ0v) is 23.3. The van der Waals surface area contributed by atoms with E-state index in [4.69, 9.17) is 0 Å². The van der Waals surface area contributed by atoms with Gasteiger partial charge in [0, 0.05) is 17.7 Å². The van der Waals surface area contributed by atoms with Gasteiger partial charge in [-0.2, -0.15) is 22.0 Å². The number of aryl methyl sites for hydroxylation is 1. The van der Waals surface area contributed by atoms with Crippen LogP contribution >= 0.6 is 0 Å². The first kappa shape index (κ1) is 33.5. The van der Waals surface area contributed by atoms with Crippen LogP contribution in [-0.2, 0) is 12.5 Å². The Hall–Kier alpha value is -4.35. The molecule has 0 amide bonds. The smallest absolute Gasteiger partial charge is 0.429 e. The quantitative estimate of drug-likeness (QED) is 0.123. The molecule has 0 radical (unpaired) electrons. The van der Waals surface area contributed by atoms with Gasteiger partial charge in [-0.3, -0.25) is 0 Å². The van der Waals surface area contributed by atoms with E-state index < -0.39 is 75.7 Å². The predicted octanol–water partition coefficient (Wildman–Crippen LogP) is 11.4. The van der Waals surface area contributed by atoms with Gasteiger partial charge in [-0.15, -0.1) is 0 Å². The van der Waals surface area contributed by atoms with E-state index in [-0.39, 0.29) is 17.7 Å². The summed E-state index contributed by atoms with van der Waals surface area (Å²) in [7, 11) is 0. The van der Waals surface area contributed by atoms with Crippen LogP contribution in [-0.4, -0.2) is 6.18 Å². The summed E-state index contributed by atoms with van der Waals surface area (Å²) < 4.78 is 158. The van der Waals surface area contributed by atoms with E-state index in [1.54, 1.807) is 12.1 Å². The van der Waals surface area contributed by atoms with Gasteiger partial charge in [-0.1, -0.05) is 56.2 Å². The van der Waals surface area contributed by atoms with Gasteiger partial charge in [-0.05, 0) is 53.3 Å². The van der Waals surface area contributed by atoms with Gasteiger partial charge >= 0.3 is 12.3 Å². The Balaban J connectivity index is 1.58. The number of ether oxygens (including phenoxy) is 1. The number of hydrogen-bond acceptors (Lipinski definition) is 1. The Kier molecular flexibility index (Phi) is 9.94. The highest BCUT2D eigenvalue weighted by Gasteiger charge is 2.42. The number of unbranched alkanes of at least 4 members (excludes halogenated alkanes) is 2. The summed E-state index contributed by atoms with van der Waals surface area (Å²) in [5.74, 6) is -12.7. The molecule has 0 aliphatic rings. The van der Waals surface area contributed by atoms with Gasteiger partial charge in [0.2, 0.25) is 0 Å². The van der Waals surface area contributed by atoms with E-state index in [2.05, 4.69) is 11.7 Å². The van der Waals surface area contributed by atoms with Gasteiger partial charge in [0.1, 0.15) is 46.2 Å². The Morgan fingerprint density at radius 1 is 0.667 bits per heavy atom. The molecule has 45 heavy (non-hydrogen) atoms. The fourth-order valence-corrected chi connectivity index (χ4v) is 4.63. The Bertz CT molecular complexity index is 1660. The summed E-state index contributed by atoms with van der Waals surface area (Å²) in [4.78, 5) is 0. The van der Waals surface area contributed by atoms with Crippen molar-refractivity contribution in [1.82, 2.24) is 0 Å². The molecular formula is C33H23F11O. The maximum atomic E-state index is 15.1. The van der Waals surface area contributed by atoms with Crippen LogP contribution in [0.5, 0.6) is 5.75 Å². The molecule has 4 aromatic carbocycles. The molecule has 0 aliphatic heterocycles. The van der Waals surface area contributed by atoms with E-state index in [9.17, 15) is 43.9 Å². The molecule has 0 aliphatic carbocycles. The SMILES string of the molecule is CCCCCc1ccc(-c2ccc(-c3cc(F)c(C(F)(F)Oc4cc(F)c(/C(F)=C/C(F)(F)F)c(F)c4)c(F)c3)c(F)c2)cc1. The molecule has 0 fully saturated rings. The monoisotopic (exact) mass is 644 g/mol. The van der Waals surface area contributed by atoms with E-state index in [0.29, 0.717) is 23.3 Å². The molecular weight excluding hydrogens is 621 g/mol. The molecule has 0 aromatic heterocycles. The lowest BCUT2D eigenvalue weighted by atomic mass is 9.97. The highest BCUT2D eigenvalue weighted by molar-refractivity contribution is 5.71. The maximum Gasteiger partial charge on any atom is 0.432 e. The van der Waals surface area contributed by atoms with Crippen molar-refractivity contribution in [1.29, 1.82) is 0 Å². The molecule has 0 bridgehead atoms. The molecule has 12 heteroatoms. The average Bonchev–Trinajstić information content (AvgIpc) is 2.91. The van der Waals surface area contributed by atoms with Gasteiger partial charge in [0.25, 0.3) is 0 Å². The molecule has 0 N–H and O–H groups in total. The van der Waals surface area contributed by atoms with E-state index in [0.717, 1.165) is 37.3 Å². The van der Waals surface area contributed by atoms with Crippen molar-refractivity contribution >= 4 is 5.83 Å². The molecule has 0 saturated carbocycles. The van der Waals surface area contributed by atoms with E-state index >= 15 is 4.39 Å². The highest BCUT2D eigenvalue weighted by Crippen LogP contribution is 2.39. The Labute approximate surface area is 250 Å². The first-order chi connectivity index (χ1) is 21.1. The maximum absolute atomic E-state index is 15.1. The summed E-state index contributed by atoms with van der Waals surface area (Å²) in [5, 5.41) is 0. The first-order valence-electron chi connectivity index (χ1n) is 13.5. The second kappa shape index (κ2) is 13.3. The van der Waals surface area contributed by atoms with Crippen LogP contribution in [0, 0.1) is 29.1 Å². The number of allylic oxidation sites excluding steroid dienone is 1. The van der Waals surface area contributed by atoms with Crippen LogP contribution in [0.3, 0.4) is 0 Å². The number of benzene rings is 4. The number of hydrogen-bond donors (Lipinski definition) is 0. The summed E-state index contributed by atoms with van der Waals surface area (Å²) in [6.45, 7) is 2.09. The summed E-state index contributed by atoms with van der Waals surface area (Å²) >= 11 is 0. The molecule has 1 nitrogen and oxygen atoms in total. The van der Waals surface area contributed by atoms with Gasteiger partial charge < -0.3 is 4.74 Å². The van der Waals surface area contributed by atoms with Crippen molar-refractivity contribution in [2.45, 2.75) is 44.9 Å². The second-order valence-electron chi connectivity index (χ2n) is 10.1. The number of rotatable bonds is 10. The average molecular weight is 645 g/mol. The third-order valence-electron chi connectivity index (χ3n) is 6.76. The molecule has 0 unspecified atom stereocenters. The molecule has 4 aromatic rings. The lowest BCUT2D eigenvalue weighted by Crippen LogP contribution is -2.25. The standard InChI is InChI=1S/C33H23F11O/c1-2-3-4-5-18-6-8-19(9-7-18)20-10-11-23(24(34)12-20)21-13-27(37)31(28(38)14-21)33(43,44)45-22-15-25(35)30(26(36)16-22)29(39)17-32(40,41)42/h6-17H,2-5H2,1H3/b29-17-. The van der Waals surface area contributed by atoms with Crippen LogP contribution in [0.2, 0.25) is 0 Å². The van der Waals surface area contributed by atoms with Crippen molar-refractivity contribution in [3.63, 3.8) is 0 Å². The molecule has 4 rings (SSSR count). The fraction of sp³-hybridized carbons (Fsp3) is 0.212. The lowest BCUT2D eigenvalue weighted by Gasteiger charge is -2.20. The lowest BCUT2D eigenvalue weighted by molar-refractivity contribution is -0.189. The molecule has 238 valence electrons. The summed E-state index contributed by atoms with van der Waals surface area (Å²) in [6, 6.07) is 11.8. The second-order valence-corrected chi connectivity index (χ2v) is 10.1. The van der Waals surface area contributed by atoms with Gasteiger partial charge in [0.15, 0.2) is 0 Å². The third-order valence-corrected chi connectivity index (χ3v) is 6.76. The minimum absolute atomic E-state index is 0.0861. The van der Waals surface area contributed by atoms with Crippen molar-refractivity contribution in [3.8, 4) is 28.0 Å². The van der Waals surface area contributed by atoms with Crippen molar-refractivity contribution in [2.75, 3.05) is 0 Å². The van der Waals surface area contributed by atoms with Gasteiger partial charge in [-0.25, -0.2) is 26.3 Å². The van der Waals surface area contributed by atoms with Crippen molar-refractivity contribution < 1.29 is 53.0 Å². The molecule has 0 atom stereocenters. The summed E-state index contributed by atoms with van der Waals surface area (Å²) in [5.41, 5.74) is -2.37. The zero-order chi connectivity index (χ0) is 33.1. The molecule has 0 spiro atoms. The molecule has 0 saturated heterocycles. The first-order valence-corrected chi connectivity index (χ1v) is 13.5. The van der Waals surface area contributed by atoms with Crippen molar-refractivity contribution in [2.24, 2.45) is 0 Å². The number of alkyl halides is 5. The minimum Gasteiger partial charge on any atom is -0.429 e. The van der Waals surface area contributed by atoms with Crippen LogP contribution in [0.4, 0.5) is 48.3 Å². The zero-order valence-electron chi connectivity index (χ0n) is 23.3. The fourth-order valence-electron chi connectivity index (χ4n) is 4.63. The van der Waals surface area contributed by atoms with Crippen LogP contribution in [0.1, 0.15) is 42.9 Å². The Morgan fingerprint density at radius 2 is 1.22 bits per heavy atom. The van der Waals surface area contributed by atoms with Gasteiger partial charge in [0.05, 0.1) is 11.6 Å². The van der Waals surface area contributed by atoms with Crippen LogP contribution < -0.4 is 4.74 Å². The third kappa shape index (κ3) is 8.03. The Morgan fingerprint density at radius 3 is 1.76 bits per heavy atom. The van der Waals surface area contributed by atoms with Crippen molar-refractivity contribution in [3.05, 3.63) is 119 Å². The highest BCUT2D eigenvalue weighted by atomic mass is 19.4. The largest absolute Gasteiger partial charge is 0.432 e. The topological polar surface area (TPSA) is 9.23 Å². The number of halogens is 11. The predicted molar refractivity (Wildman–Crippen MR) is 146 cm³/mol. The van der Waals surface area contributed by atoms with Crippen LogP contribution in [0.15, 0.2) is 72.8 Å². The van der Waals surface area contributed by atoms with E-state index in [1.807, 2.05) is 12.1 Å².